The quantitative estimate of drug-likeness (QED) is 0.698. The Hall–Kier alpha value is -2.77. The minimum Gasteiger partial charge on any atom is -0.368 e. The Morgan fingerprint density at radius 1 is 1.42 bits per heavy atom. The molecule has 0 saturated carbocycles. The molecule has 4 rings (SSSR count). The highest BCUT2D eigenvalue weighted by molar-refractivity contribution is 7.89. The summed E-state index contributed by atoms with van der Waals surface area (Å²) in [5.41, 5.74) is 2.38. The van der Waals surface area contributed by atoms with Gasteiger partial charge < -0.3 is 9.88 Å². The molecular weight excluding hydrogens is 354 g/mol. The lowest BCUT2D eigenvalue weighted by molar-refractivity contribution is 0.467. The fourth-order valence-corrected chi connectivity index (χ4v) is 4.42. The van der Waals surface area contributed by atoms with Crippen LogP contribution in [-0.4, -0.2) is 53.5 Å². The molecule has 0 spiro atoms. The Kier molecular flexibility index (Phi) is 4.18. The highest BCUT2D eigenvalue weighted by Gasteiger charge is 2.26. The van der Waals surface area contributed by atoms with Crippen LogP contribution >= 0.6 is 0 Å². The number of aromatic nitrogens is 4. The molecule has 134 valence electrons. The second kappa shape index (κ2) is 6.51. The fraction of sp³-hybridized carbons (Fsp3) is 0.375. The van der Waals surface area contributed by atoms with E-state index in [9.17, 15) is 8.42 Å². The molecule has 1 aliphatic heterocycles. The summed E-state index contributed by atoms with van der Waals surface area (Å²) in [6.45, 7) is 1.31. The summed E-state index contributed by atoms with van der Waals surface area (Å²) in [5, 5.41) is 18.8. The zero-order chi connectivity index (χ0) is 18.1. The molecule has 1 fully saturated rings. The Morgan fingerprint density at radius 2 is 2.31 bits per heavy atom. The standard InChI is InChI=1S/C16H17N7O2S/c17-4-7-26(24,25)22-11-2-1-6-23(10-11)14-9-20-21-13-8-19-16-12(15(13)14)3-5-18-16/h3,5,8-9,11,22H,1-2,6-7,10H2,(H,18,19). The van der Waals surface area contributed by atoms with Crippen LogP contribution in [0.15, 0.2) is 24.7 Å². The average molecular weight is 371 g/mol. The predicted octanol–water partition coefficient (Wildman–Crippen LogP) is 0.918. The van der Waals surface area contributed by atoms with Gasteiger partial charge >= 0.3 is 0 Å². The maximum absolute atomic E-state index is 11.9. The first-order chi connectivity index (χ1) is 12.6. The number of pyridine rings is 1. The zero-order valence-corrected chi connectivity index (χ0v) is 14.7. The summed E-state index contributed by atoms with van der Waals surface area (Å²) in [7, 11) is -3.59. The molecule has 4 heterocycles. The van der Waals surface area contributed by atoms with E-state index in [4.69, 9.17) is 5.26 Å². The summed E-state index contributed by atoms with van der Waals surface area (Å²) in [6, 6.07) is 3.40. The molecule has 10 heteroatoms. The van der Waals surface area contributed by atoms with Gasteiger partial charge in [-0.25, -0.2) is 18.1 Å². The van der Waals surface area contributed by atoms with E-state index in [0.717, 1.165) is 41.5 Å². The van der Waals surface area contributed by atoms with Crippen molar-refractivity contribution >= 4 is 37.6 Å². The van der Waals surface area contributed by atoms with Crippen LogP contribution in [0.1, 0.15) is 12.8 Å². The molecule has 9 nitrogen and oxygen atoms in total. The van der Waals surface area contributed by atoms with E-state index in [1.807, 2.05) is 12.3 Å². The Balaban J connectivity index is 1.69. The van der Waals surface area contributed by atoms with Gasteiger partial charge in [0, 0.05) is 36.1 Å². The minimum absolute atomic E-state index is 0.242. The average Bonchev–Trinajstić information content (AvgIpc) is 3.10. The van der Waals surface area contributed by atoms with Gasteiger partial charge in [0.25, 0.3) is 0 Å². The number of rotatable bonds is 4. The maximum atomic E-state index is 11.9. The van der Waals surface area contributed by atoms with Crippen LogP contribution in [0.25, 0.3) is 21.9 Å². The number of nitriles is 1. The molecule has 1 atom stereocenters. The third-order valence-electron chi connectivity index (χ3n) is 4.53. The molecule has 0 aromatic carbocycles. The van der Waals surface area contributed by atoms with Crippen LogP contribution in [0.2, 0.25) is 0 Å². The Morgan fingerprint density at radius 3 is 3.15 bits per heavy atom. The van der Waals surface area contributed by atoms with Gasteiger partial charge in [0.15, 0.2) is 5.75 Å². The highest BCUT2D eigenvalue weighted by atomic mass is 32.2. The van der Waals surface area contributed by atoms with Crippen molar-refractivity contribution in [3.05, 3.63) is 24.7 Å². The summed E-state index contributed by atoms with van der Waals surface area (Å²) < 4.78 is 26.4. The number of anilines is 1. The van der Waals surface area contributed by atoms with Crippen molar-refractivity contribution in [2.45, 2.75) is 18.9 Å². The Bertz CT molecular complexity index is 1100. The van der Waals surface area contributed by atoms with Crippen molar-refractivity contribution in [2.75, 3.05) is 23.7 Å². The Labute approximate surface area is 150 Å². The van der Waals surface area contributed by atoms with Crippen molar-refractivity contribution < 1.29 is 8.42 Å². The van der Waals surface area contributed by atoms with E-state index in [1.54, 1.807) is 18.5 Å². The molecular formula is C16H17N7O2S. The largest absolute Gasteiger partial charge is 0.368 e. The van der Waals surface area contributed by atoms with Crippen molar-refractivity contribution in [2.24, 2.45) is 0 Å². The van der Waals surface area contributed by atoms with Crippen LogP contribution < -0.4 is 9.62 Å². The van der Waals surface area contributed by atoms with E-state index in [0.29, 0.717) is 12.1 Å². The first-order valence-corrected chi connectivity index (χ1v) is 9.92. The van der Waals surface area contributed by atoms with Gasteiger partial charge in [-0.1, -0.05) is 0 Å². The van der Waals surface area contributed by atoms with Gasteiger partial charge in [-0.2, -0.15) is 10.4 Å². The molecule has 0 aliphatic carbocycles. The van der Waals surface area contributed by atoms with Gasteiger partial charge in [-0.3, -0.25) is 0 Å². The lowest BCUT2D eigenvalue weighted by Crippen LogP contribution is -2.48. The normalized spacial score (nSPS) is 18.3. The van der Waals surface area contributed by atoms with Crippen LogP contribution in [0.5, 0.6) is 0 Å². The minimum atomic E-state index is -3.59. The third kappa shape index (κ3) is 3.07. The molecule has 1 unspecified atom stereocenters. The van der Waals surface area contributed by atoms with Crippen LogP contribution in [-0.2, 0) is 10.0 Å². The van der Waals surface area contributed by atoms with Gasteiger partial charge in [0.05, 0.1) is 24.2 Å². The number of hydrogen-bond acceptors (Lipinski definition) is 7. The van der Waals surface area contributed by atoms with Crippen LogP contribution in [0, 0.1) is 11.3 Å². The van der Waals surface area contributed by atoms with Gasteiger partial charge in [0.2, 0.25) is 10.0 Å². The number of piperidine rings is 1. The summed E-state index contributed by atoms with van der Waals surface area (Å²) in [5.74, 6) is -0.529. The van der Waals surface area contributed by atoms with Crippen molar-refractivity contribution in [3.8, 4) is 6.07 Å². The van der Waals surface area contributed by atoms with E-state index in [2.05, 4.69) is 29.8 Å². The van der Waals surface area contributed by atoms with Gasteiger partial charge in [-0.15, -0.1) is 5.10 Å². The molecule has 1 saturated heterocycles. The molecule has 26 heavy (non-hydrogen) atoms. The van der Waals surface area contributed by atoms with E-state index < -0.39 is 15.8 Å². The number of aromatic amines is 1. The number of sulfonamides is 1. The molecule has 2 N–H and O–H groups in total. The topological polar surface area (TPSA) is 128 Å². The van der Waals surface area contributed by atoms with E-state index >= 15 is 0 Å². The second-order valence-corrected chi connectivity index (χ2v) is 8.06. The fourth-order valence-electron chi connectivity index (χ4n) is 3.47. The highest BCUT2D eigenvalue weighted by Crippen LogP contribution is 2.31. The van der Waals surface area contributed by atoms with Gasteiger partial charge in [-0.05, 0) is 18.9 Å². The van der Waals surface area contributed by atoms with Crippen molar-refractivity contribution in [3.63, 3.8) is 0 Å². The van der Waals surface area contributed by atoms with Gasteiger partial charge in [0.1, 0.15) is 11.2 Å². The van der Waals surface area contributed by atoms with Crippen molar-refractivity contribution in [1.82, 2.24) is 24.9 Å². The van der Waals surface area contributed by atoms with E-state index in [1.165, 1.54) is 0 Å². The summed E-state index contributed by atoms with van der Waals surface area (Å²) in [4.78, 5) is 9.55. The SMILES string of the molecule is N#CCS(=O)(=O)NC1CCCN(c2cnnc3cnc4[nH]ccc4c23)C1. The number of nitrogens with zero attached hydrogens (tertiary/aromatic N) is 5. The van der Waals surface area contributed by atoms with Crippen LogP contribution in [0.4, 0.5) is 5.69 Å². The monoisotopic (exact) mass is 371 g/mol. The second-order valence-electron chi connectivity index (χ2n) is 6.31. The lowest BCUT2D eigenvalue weighted by atomic mass is 10.0. The molecule has 3 aromatic rings. The molecule has 0 amide bonds. The molecule has 0 bridgehead atoms. The van der Waals surface area contributed by atoms with E-state index in [-0.39, 0.29) is 6.04 Å². The number of hydrogen-bond donors (Lipinski definition) is 2. The predicted molar refractivity (Wildman–Crippen MR) is 97.0 cm³/mol. The smallest absolute Gasteiger partial charge is 0.225 e. The molecule has 1 aliphatic rings. The summed E-state index contributed by atoms with van der Waals surface area (Å²) >= 11 is 0. The zero-order valence-electron chi connectivity index (χ0n) is 13.9. The number of H-pyrrole nitrogens is 1. The number of nitrogens with one attached hydrogen (secondary N) is 2. The number of fused-ring (bicyclic) bond motifs is 3. The first-order valence-electron chi connectivity index (χ1n) is 8.27. The van der Waals surface area contributed by atoms with Crippen molar-refractivity contribution in [1.29, 1.82) is 5.26 Å². The summed E-state index contributed by atoms with van der Waals surface area (Å²) in [6.07, 6.45) is 6.79. The lowest BCUT2D eigenvalue weighted by Gasteiger charge is -2.34. The molecule has 3 aromatic heterocycles. The maximum Gasteiger partial charge on any atom is 0.225 e. The molecule has 0 radical (unpaired) electrons. The third-order valence-corrected chi connectivity index (χ3v) is 5.73. The van der Waals surface area contributed by atoms with Crippen LogP contribution in [0.3, 0.4) is 0 Å². The first kappa shape index (κ1) is 16.7.